The number of carbonyl (C=O) groups is 1. The van der Waals surface area contributed by atoms with Crippen molar-refractivity contribution in [3.8, 4) is 0 Å². The van der Waals surface area contributed by atoms with Crippen molar-refractivity contribution in [2.45, 2.75) is 32.7 Å². The number of rotatable bonds is 7. The highest BCUT2D eigenvalue weighted by Gasteiger charge is 2.08. The molecular weight excluding hydrogens is 297 g/mol. The van der Waals surface area contributed by atoms with Crippen molar-refractivity contribution in [2.75, 3.05) is 20.1 Å². The summed E-state index contributed by atoms with van der Waals surface area (Å²) in [5.74, 6) is -0.173. The highest BCUT2D eigenvalue weighted by atomic mass is 35.5. The molecule has 0 saturated carbocycles. The van der Waals surface area contributed by atoms with E-state index < -0.39 is 0 Å². The Morgan fingerprint density at radius 3 is 2.70 bits per heavy atom. The van der Waals surface area contributed by atoms with Crippen LogP contribution in [0.1, 0.15) is 37.0 Å². The van der Waals surface area contributed by atoms with E-state index in [0.717, 1.165) is 19.4 Å². The Hall–Kier alpha value is -0.840. The molecule has 1 heterocycles. The number of unbranched alkanes of at least 4 members (excludes halogenated alkanes) is 1. The number of hydrogen-bond acceptors (Lipinski definition) is 3. The van der Waals surface area contributed by atoms with Crippen LogP contribution in [0.15, 0.2) is 12.3 Å². The van der Waals surface area contributed by atoms with Crippen LogP contribution in [0.3, 0.4) is 0 Å². The second-order valence-electron chi connectivity index (χ2n) is 5.03. The SMILES string of the molecule is CC(C)N(C)CCCCNC(=O)c1cnc(Cl)c(Cl)c1. The molecule has 0 atom stereocenters. The van der Waals surface area contributed by atoms with Crippen LogP contribution in [-0.2, 0) is 0 Å². The van der Waals surface area contributed by atoms with Crippen LogP contribution >= 0.6 is 23.2 Å². The van der Waals surface area contributed by atoms with Gasteiger partial charge in [-0.3, -0.25) is 4.79 Å². The second-order valence-corrected chi connectivity index (χ2v) is 5.80. The van der Waals surface area contributed by atoms with E-state index in [1.54, 1.807) is 0 Å². The number of hydrogen-bond donors (Lipinski definition) is 1. The number of halogens is 2. The molecule has 6 heteroatoms. The van der Waals surface area contributed by atoms with E-state index in [-0.39, 0.29) is 16.1 Å². The lowest BCUT2D eigenvalue weighted by Crippen LogP contribution is -2.29. The first-order valence-electron chi connectivity index (χ1n) is 6.71. The Morgan fingerprint density at radius 1 is 1.40 bits per heavy atom. The van der Waals surface area contributed by atoms with Crippen molar-refractivity contribution in [3.05, 3.63) is 28.0 Å². The van der Waals surface area contributed by atoms with Crippen molar-refractivity contribution in [3.63, 3.8) is 0 Å². The number of aromatic nitrogens is 1. The summed E-state index contributed by atoms with van der Waals surface area (Å²) in [7, 11) is 2.10. The average molecular weight is 318 g/mol. The highest BCUT2D eigenvalue weighted by Crippen LogP contribution is 2.19. The standard InChI is InChI=1S/C14H21Cl2N3O/c1-10(2)19(3)7-5-4-6-17-14(20)11-8-12(15)13(16)18-9-11/h8-10H,4-7H2,1-3H3,(H,17,20). The van der Waals surface area contributed by atoms with Gasteiger partial charge >= 0.3 is 0 Å². The van der Waals surface area contributed by atoms with Crippen LogP contribution in [-0.4, -0.2) is 42.0 Å². The Kier molecular flexibility index (Phi) is 7.27. The van der Waals surface area contributed by atoms with Crippen LogP contribution < -0.4 is 5.32 Å². The Labute approximate surface area is 130 Å². The molecule has 112 valence electrons. The molecule has 0 spiro atoms. The second kappa shape index (κ2) is 8.45. The summed E-state index contributed by atoms with van der Waals surface area (Å²) < 4.78 is 0. The maximum Gasteiger partial charge on any atom is 0.252 e. The fourth-order valence-electron chi connectivity index (χ4n) is 1.59. The van der Waals surface area contributed by atoms with Gasteiger partial charge in [0.1, 0.15) is 5.15 Å². The zero-order valence-corrected chi connectivity index (χ0v) is 13.6. The van der Waals surface area contributed by atoms with E-state index in [0.29, 0.717) is 18.2 Å². The number of nitrogens with zero attached hydrogens (tertiary/aromatic N) is 2. The van der Waals surface area contributed by atoms with E-state index in [1.807, 2.05) is 0 Å². The third kappa shape index (κ3) is 5.65. The molecule has 1 aromatic rings. The fourth-order valence-corrected chi connectivity index (χ4v) is 1.86. The molecule has 4 nitrogen and oxygen atoms in total. The Bertz CT molecular complexity index is 452. The van der Waals surface area contributed by atoms with Gasteiger partial charge in [-0.25, -0.2) is 4.98 Å². The number of amides is 1. The zero-order valence-electron chi connectivity index (χ0n) is 12.1. The molecule has 20 heavy (non-hydrogen) atoms. The Morgan fingerprint density at radius 2 is 2.10 bits per heavy atom. The minimum Gasteiger partial charge on any atom is -0.352 e. The first-order chi connectivity index (χ1) is 9.41. The summed E-state index contributed by atoms with van der Waals surface area (Å²) >= 11 is 11.5. The van der Waals surface area contributed by atoms with Gasteiger partial charge in [-0.2, -0.15) is 0 Å². The molecule has 1 rings (SSSR count). The van der Waals surface area contributed by atoms with Gasteiger partial charge < -0.3 is 10.2 Å². The van der Waals surface area contributed by atoms with E-state index in [2.05, 4.69) is 36.1 Å². The van der Waals surface area contributed by atoms with Crippen LogP contribution in [0, 0.1) is 0 Å². The van der Waals surface area contributed by atoms with Gasteiger partial charge in [0, 0.05) is 18.8 Å². The molecule has 0 aliphatic carbocycles. The summed E-state index contributed by atoms with van der Waals surface area (Å²) in [6.45, 7) is 6.00. The Balaban J connectivity index is 2.28. The molecule has 0 aliphatic heterocycles. The maximum atomic E-state index is 11.9. The molecule has 0 aromatic carbocycles. The summed E-state index contributed by atoms with van der Waals surface area (Å²) in [6, 6.07) is 2.07. The predicted octanol–water partition coefficient (Wildman–Crippen LogP) is 3.24. The minimum absolute atomic E-state index is 0.173. The molecular formula is C14H21Cl2N3O. The highest BCUT2D eigenvalue weighted by molar-refractivity contribution is 6.41. The maximum absolute atomic E-state index is 11.9. The number of pyridine rings is 1. The van der Waals surface area contributed by atoms with E-state index >= 15 is 0 Å². The fraction of sp³-hybridized carbons (Fsp3) is 0.571. The predicted molar refractivity (Wildman–Crippen MR) is 83.6 cm³/mol. The molecule has 0 saturated heterocycles. The quantitative estimate of drug-likeness (QED) is 0.620. The largest absolute Gasteiger partial charge is 0.352 e. The minimum atomic E-state index is -0.173. The lowest BCUT2D eigenvalue weighted by Gasteiger charge is -2.20. The van der Waals surface area contributed by atoms with Gasteiger partial charge in [0.2, 0.25) is 0 Å². The van der Waals surface area contributed by atoms with Crippen molar-refractivity contribution in [1.29, 1.82) is 0 Å². The molecule has 1 aromatic heterocycles. The number of carbonyl (C=O) groups excluding carboxylic acids is 1. The molecule has 0 fully saturated rings. The van der Waals surface area contributed by atoms with E-state index in [1.165, 1.54) is 12.3 Å². The monoisotopic (exact) mass is 317 g/mol. The summed E-state index contributed by atoms with van der Waals surface area (Å²) in [5, 5.41) is 3.35. The normalized spacial score (nSPS) is 11.2. The average Bonchev–Trinajstić information content (AvgIpc) is 2.40. The first kappa shape index (κ1) is 17.2. The smallest absolute Gasteiger partial charge is 0.252 e. The van der Waals surface area contributed by atoms with Crippen molar-refractivity contribution in [1.82, 2.24) is 15.2 Å². The van der Waals surface area contributed by atoms with Crippen LogP contribution in [0.25, 0.3) is 0 Å². The zero-order chi connectivity index (χ0) is 15.1. The first-order valence-corrected chi connectivity index (χ1v) is 7.47. The van der Waals surface area contributed by atoms with Crippen molar-refractivity contribution >= 4 is 29.1 Å². The number of nitrogens with one attached hydrogen (secondary N) is 1. The van der Waals surface area contributed by atoms with E-state index in [9.17, 15) is 4.79 Å². The molecule has 0 aliphatic rings. The lowest BCUT2D eigenvalue weighted by atomic mass is 10.2. The summed E-state index contributed by atoms with van der Waals surface area (Å²) in [6.07, 6.45) is 3.42. The van der Waals surface area contributed by atoms with Crippen LogP contribution in [0.5, 0.6) is 0 Å². The third-order valence-corrected chi connectivity index (χ3v) is 3.85. The lowest BCUT2D eigenvalue weighted by molar-refractivity contribution is 0.0952. The summed E-state index contributed by atoms with van der Waals surface area (Å²) in [4.78, 5) is 18.0. The van der Waals surface area contributed by atoms with Crippen LogP contribution in [0.4, 0.5) is 0 Å². The molecule has 0 radical (unpaired) electrons. The van der Waals surface area contributed by atoms with Gasteiger partial charge in [-0.05, 0) is 46.3 Å². The molecule has 1 amide bonds. The molecule has 0 bridgehead atoms. The van der Waals surface area contributed by atoms with Gasteiger partial charge in [-0.15, -0.1) is 0 Å². The van der Waals surface area contributed by atoms with Gasteiger partial charge in [-0.1, -0.05) is 23.2 Å². The topological polar surface area (TPSA) is 45.2 Å². The van der Waals surface area contributed by atoms with Gasteiger partial charge in [0.05, 0.1) is 10.6 Å². The third-order valence-electron chi connectivity index (χ3n) is 3.16. The summed E-state index contributed by atoms with van der Waals surface area (Å²) in [5.41, 5.74) is 0.429. The van der Waals surface area contributed by atoms with Crippen molar-refractivity contribution in [2.24, 2.45) is 0 Å². The van der Waals surface area contributed by atoms with Crippen molar-refractivity contribution < 1.29 is 4.79 Å². The van der Waals surface area contributed by atoms with Gasteiger partial charge in [0.15, 0.2) is 0 Å². The van der Waals surface area contributed by atoms with Gasteiger partial charge in [0.25, 0.3) is 5.91 Å². The molecule has 1 N–H and O–H groups in total. The van der Waals surface area contributed by atoms with E-state index in [4.69, 9.17) is 23.2 Å². The molecule has 0 unspecified atom stereocenters. The van der Waals surface area contributed by atoms with Crippen LogP contribution in [0.2, 0.25) is 10.2 Å².